The average molecular weight is 807 g/mol. The highest BCUT2D eigenvalue weighted by Gasteiger charge is 2.24. The zero-order valence-electron chi connectivity index (χ0n) is 33.7. The molecule has 0 aliphatic heterocycles. The van der Waals surface area contributed by atoms with Crippen LogP contribution in [-0.2, 0) is 0 Å². The van der Waals surface area contributed by atoms with Crippen LogP contribution in [0.15, 0.2) is 211 Å². The van der Waals surface area contributed by atoms with Crippen molar-refractivity contribution in [2.45, 2.75) is 0 Å². The monoisotopic (exact) mass is 806 g/mol. The van der Waals surface area contributed by atoms with Crippen molar-refractivity contribution in [1.29, 1.82) is 0 Å². The molecule has 0 bridgehead atoms. The van der Waals surface area contributed by atoms with Crippen LogP contribution in [0.3, 0.4) is 0 Å². The molecule has 5 aromatic heterocycles. The summed E-state index contributed by atoms with van der Waals surface area (Å²) in [4.78, 5) is 21.2. The zero-order valence-corrected chi connectivity index (χ0v) is 33.7. The van der Waals surface area contributed by atoms with Crippen LogP contribution < -0.4 is 0 Å². The third-order valence-corrected chi connectivity index (χ3v) is 12.2. The van der Waals surface area contributed by atoms with Crippen LogP contribution in [0.4, 0.5) is 0 Å². The van der Waals surface area contributed by atoms with Gasteiger partial charge in [0.1, 0.15) is 11.1 Å². The summed E-state index contributed by atoms with van der Waals surface area (Å²) in [6.07, 6.45) is 0. The summed E-state index contributed by atoms with van der Waals surface area (Å²) in [5.41, 5.74) is 13.7. The van der Waals surface area contributed by atoms with Gasteiger partial charge >= 0.3 is 0 Å². The lowest BCUT2D eigenvalue weighted by Gasteiger charge is -2.12. The summed E-state index contributed by atoms with van der Waals surface area (Å²) in [5.74, 6) is 0.955. The molecule has 0 fully saturated rings. The number of aromatic nitrogens is 6. The van der Waals surface area contributed by atoms with E-state index in [0.29, 0.717) is 28.6 Å². The minimum atomic E-state index is 0.451. The number of benzene rings is 8. The van der Waals surface area contributed by atoms with Crippen molar-refractivity contribution in [1.82, 2.24) is 29.1 Å². The first kappa shape index (κ1) is 35.1. The van der Waals surface area contributed by atoms with E-state index in [2.05, 4.69) is 149 Å². The van der Waals surface area contributed by atoms with E-state index >= 15 is 0 Å². The van der Waals surface area contributed by atoms with Gasteiger partial charge in [0, 0.05) is 43.7 Å². The SMILES string of the molecule is c1ccc(-c2cc(-c3ccccc3)nc(-c3nc(-n4c5ccccc5c5ccc(-c6ccc7c(c6)c6ccccc6n7-c6ccccc6)cc54)nc4c3oc3ccccc34)n2)cc1. The molecule has 13 aromatic rings. The summed E-state index contributed by atoms with van der Waals surface area (Å²) < 4.78 is 11.2. The molecule has 0 saturated carbocycles. The largest absolute Gasteiger partial charge is 0.452 e. The Kier molecular flexibility index (Phi) is 7.77. The van der Waals surface area contributed by atoms with Crippen LogP contribution in [-0.4, -0.2) is 29.1 Å². The molecule has 13 rings (SSSR count). The molecule has 0 amide bonds. The molecular weight excluding hydrogens is 773 g/mol. The quantitative estimate of drug-likeness (QED) is 0.167. The van der Waals surface area contributed by atoms with Crippen molar-refractivity contribution in [2.24, 2.45) is 0 Å². The van der Waals surface area contributed by atoms with Crippen LogP contribution in [0.2, 0.25) is 0 Å². The van der Waals surface area contributed by atoms with Gasteiger partial charge in [0.2, 0.25) is 5.95 Å². The van der Waals surface area contributed by atoms with Crippen molar-refractivity contribution in [3.63, 3.8) is 0 Å². The number of furan rings is 1. The minimum Gasteiger partial charge on any atom is -0.452 e. The predicted octanol–water partition coefficient (Wildman–Crippen LogP) is 14.0. The Hall–Kier alpha value is -8.68. The molecule has 0 atom stereocenters. The fraction of sp³-hybridized carbons (Fsp3) is 0. The highest BCUT2D eigenvalue weighted by atomic mass is 16.3. The Bertz CT molecular complexity index is 3850. The van der Waals surface area contributed by atoms with Crippen LogP contribution in [0, 0.1) is 0 Å². The van der Waals surface area contributed by atoms with Gasteiger partial charge in [0.05, 0.1) is 33.5 Å². The van der Waals surface area contributed by atoms with Crippen LogP contribution in [0.5, 0.6) is 0 Å². The number of para-hydroxylation sites is 4. The van der Waals surface area contributed by atoms with Crippen molar-refractivity contribution >= 4 is 65.7 Å². The Balaban J connectivity index is 1.06. The lowest BCUT2D eigenvalue weighted by molar-refractivity contribution is 0.666. The Morgan fingerprint density at radius 3 is 1.60 bits per heavy atom. The van der Waals surface area contributed by atoms with Gasteiger partial charge in [-0.3, -0.25) is 4.57 Å². The van der Waals surface area contributed by atoms with Crippen molar-refractivity contribution in [3.8, 4) is 56.8 Å². The van der Waals surface area contributed by atoms with Crippen LogP contribution in [0.25, 0.3) is 122 Å². The summed E-state index contributed by atoms with van der Waals surface area (Å²) in [7, 11) is 0. The standard InChI is InChI=1S/C56H34N6O/c1-4-16-35(17-5-1)45-34-46(36-18-6-2-7-19-36)58-55(57-45)53-54-52(43-24-12-15-27-51(43)63-54)59-56(60-53)62-48-26-14-10-22-40(48)42-30-28-38(33-50(42)62)37-29-31-49-44(32-37)41-23-11-13-25-47(41)61(49)39-20-8-3-9-21-39/h1-34H. The third kappa shape index (κ3) is 5.60. The molecule has 63 heavy (non-hydrogen) atoms. The van der Waals surface area contributed by atoms with Gasteiger partial charge in [-0.15, -0.1) is 0 Å². The maximum Gasteiger partial charge on any atom is 0.236 e. The fourth-order valence-corrected chi connectivity index (χ4v) is 9.27. The Morgan fingerprint density at radius 1 is 0.349 bits per heavy atom. The van der Waals surface area contributed by atoms with E-state index in [0.717, 1.165) is 77.6 Å². The average Bonchev–Trinajstić information content (AvgIpc) is 4.01. The van der Waals surface area contributed by atoms with E-state index in [-0.39, 0.29) is 0 Å². The third-order valence-electron chi connectivity index (χ3n) is 12.2. The molecule has 0 N–H and O–H groups in total. The van der Waals surface area contributed by atoms with Crippen LogP contribution in [0.1, 0.15) is 0 Å². The Morgan fingerprint density at radius 2 is 0.889 bits per heavy atom. The van der Waals surface area contributed by atoms with E-state index in [1.807, 2.05) is 66.7 Å². The van der Waals surface area contributed by atoms with Gasteiger partial charge in [-0.05, 0) is 71.8 Å². The minimum absolute atomic E-state index is 0.451. The molecule has 0 radical (unpaired) electrons. The maximum atomic E-state index is 6.63. The smallest absolute Gasteiger partial charge is 0.236 e. The lowest BCUT2D eigenvalue weighted by atomic mass is 10.0. The molecule has 294 valence electrons. The van der Waals surface area contributed by atoms with Gasteiger partial charge in [0.25, 0.3) is 0 Å². The van der Waals surface area contributed by atoms with E-state index in [9.17, 15) is 0 Å². The first-order chi connectivity index (χ1) is 31.2. The normalized spacial score (nSPS) is 11.8. The second-order valence-corrected chi connectivity index (χ2v) is 15.8. The van der Waals surface area contributed by atoms with Gasteiger partial charge < -0.3 is 8.98 Å². The zero-order chi connectivity index (χ0) is 41.4. The summed E-state index contributed by atoms with van der Waals surface area (Å²) in [6.45, 7) is 0. The molecule has 0 aliphatic carbocycles. The molecule has 8 aromatic carbocycles. The Labute approximate surface area is 360 Å². The van der Waals surface area contributed by atoms with E-state index in [4.69, 9.17) is 24.4 Å². The highest BCUT2D eigenvalue weighted by molar-refractivity contribution is 6.13. The van der Waals surface area contributed by atoms with E-state index in [1.54, 1.807) is 0 Å². The first-order valence-electron chi connectivity index (χ1n) is 21.1. The number of hydrogen-bond acceptors (Lipinski definition) is 5. The lowest BCUT2D eigenvalue weighted by Crippen LogP contribution is -2.05. The van der Waals surface area contributed by atoms with E-state index < -0.39 is 0 Å². The molecule has 0 aliphatic rings. The molecular formula is C56H34N6O. The topological polar surface area (TPSA) is 74.6 Å². The molecule has 0 saturated heterocycles. The van der Waals surface area contributed by atoms with Crippen molar-refractivity contribution < 1.29 is 4.42 Å². The molecule has 0 spiro atoms. The van der Waals surface area contributed by atoms with E-state index in [1.165, 1.54) is 16.3 Å². The van der Waals surface area contributed by atoms with Crippen LogP contribution >= 0.6 is 0 Å². The van der Waals surface area contributed by atoms with Crippen molar-refractivity contribution in [2.75, 3.05) is 0 Å². The summed E-state index contributed by atoms with van der Waals surface area (Å²) in [5, 5.41) is 5.52. The predicted molar refractivity (Wildman–Crippen MR) is 255 cm³/mol. The number of fused-ring (bicyclic) bond motifs is 9. The summed E-state index contributed by atoms with van der Waals surface area (Å²) >= 11 is 0. The second-order valence-electron chi connectivity index (χ2n) is 15.8. The summed E-state index contributed by atoms with van der Waals surface area (Å²) in [6, 6.07) is 71.7. The molecule has 7 heteroatoms. The maximum absolute atomic E-state index is 6.63. The van der Waals surface area contributed by atoms with Crippen molar-refractivity contribution in [3.05, 3.63) is 206 Å². The van der Waals surface area contributed by atoms with Gasteiger partial charge in [-0.2, -0.15) is 0 Å². The molecule has 7 nitrogen and oxygen atoms in total. The highest BCUT2D eigenvalue weighted by Crippen LogP contribution is 2.40. The van der Waals surface area contributed by atoms with Gasteiger partial charge in [-0.1, -0.05) is 146 Å². The van der Waals surface area contributed by atoms with Gasteiger partial charge in [-0.25, -0.2) is 19.9 Å². The first-order valence-corrected chi connectivity index (χ1v) is 21.1. The van der Waals surface area contributed by atoms with Gasteiger partial charge in [0.15, 0.2) is 17.1 Å². The second kappa shape index (κ2) is 13.9. The molecule has 5 heterocycles. The molecule has 0 unspecified atom stereocenters. The number of rotatable bonds is 6. The fourth-order valence-electron chi connectivity index (χ4n) is 9.27. The number of hydrogen-bond donors (Lipinski definition) is 0. The number of nitrogens with zero attached hydrogens (tertiary/aromatic N) is 6.